The lowest BCUT2D eigenvalue weighted by Crippen LogP contribution is -2.25. The summed E-state index contributed by atoms with van der Waals surface area (Å²) in [5.41, 5.74) is 3.18. The van der Waals surface area contributed by atoms with Crippen LogP contribution in [-0.4, -0.2) is 23.4 Å². The first-order chi connectivity index (χ1) is 15.2. The highest BCUT2D eigenvalue weighted by Crippen LogP contribution is 2.33. The number of amides is 1. The predicted octanol–water partition coefficient (Wildman–Crippen LogP) is 4.56. The van der Waals surface area contributed by atoms with Gasteiger partial charge in [0.05, 0.1) is 23.3 Å². The molecule has 1 aliphatic rings. The van der Waals surface area contributed by atoms with Crippen LogP contribution in [-0.2, 0) is 4.79 Å². The van der Waals surface area contributed by atoms with Crippen molar-refractivity contribution >= 4 is 34.8 Å². The second kappa shape index (κ2) is 8.08. The van der Waals surface area contributed by atoms with E-state index < -0.39 is 0 Å². The Morgan fingerprint density at radius 2 is 2.00 bits per heavy atom. The molecule has 31 heavy (non-hydrogen) atoms. The standard InChI is InChI=1S/C23H18N4O3S/c1-15-7-9-18(30-15)12-24-27-20(14-31-23(27)25-17-5-3-2-4-6-17)16-8-10-21-19(11-16)26-22(28)13-29-21/h2-12,14H,13H2,1H3,(H,26,28). The van der Waals surface area contributed by atoms with E-state index in [1.807, 2.05) is 73.0 Å². The van der Waals surface area contributed by atoms with Crippen LogP contribution in [0.15, 0.2) is 80.6 Å². The van der Waals surface area contributed by atoms with Gasteiger partial charge in [0.1, 0.15) is 17.3 Å². The summed E-state index contributed by atoms with van der Waals surface area (Å²) in [5, 5.41) is 9.48. The third-order valence-electron chi connectivity index (χ3n) is 4.64. The van der Waals surface area contributed by atoms with Crippen LogP contribution in [0.25, 0.3) is 11.3 Å². The minimum absolute atomic E-state index is 0.0256. The van der Waals surface area contributed by atoms with Crippen LogP contribution >= 0.6 is 11.3 Å². The van der Waals surface area contributed by atoms with Gasteiger partial charge in [0, 0.05) is 10.9 Å². The molecule has 0 spiro atoms. The van der Waals surface area contributed by atoms with E-state index in [2.05, 4.69) is 10.4 Å². The van der Waals surface area contributed by atoms with Gasteiger partial charge in [0.25, 0.3) is 5.91 Å². The number of para-hydroxylation sites is 1. The van der Waals surface area contributed by atoms with E-state index in [1.54, 1.807) is 10.9 Å². The molecule has 5 rings (SSSR count). The number of fused-ring (bicyclic) bond motifs is 1. The van der Waals surface area contributed by atoms with Gasteiger partial charge in [-0.15, -0.1) is 11.3 Å². The number of nitrogens with zero attached hydrogens (tertiary/aromatic N) is 3. The summed E-state index contributed by atoms with van der Waals surface area (Å²) < 4.78 is 12.9. The molecule has 0 atom stereocenters. The van der Waals surface area contributed by atoms with Crippen molar-refractivity contribution in [1.82, 2.24) is 4.68 Å². The zero-order valence-corrected chi connectivity index (χ0v) is 17.4. The van der Waals surface area contributed by atoms with Gasteiger partial charge >= 0.3 is 0 Å². The van der Waals surface area contributed by atoms with Crippen molar-refractivity contribution in [2.24, 2.45) is 10.1 Å². The van der Waals surface area contributed by atoms with Gasteiger partial charge < -0.3 is 14.5 Å². The maximum Gasteiger partial charge on any atom is 0.262 e. The predicted molar refractivity (Wildman–Crippen MR) is 120 cm³/mol. The maximum atomic E-state index is 11.7. The molecule has 1 amide bonds. The van der Waals surface area contributed by atoms with Gasteiger partial charge in [-0.05, 0) is 49.4 Å². The maximum absolute atomic E-state index is 11.7. The number of aromatic nitrogens is 1. The van der Waals surface area contributed by atoms with E-state index >= 15 is 0 Å². The molecule has 154 valence electrons. The Bertz CT molecular complexity index is 1350. The lowest BCUT2D eigenvalue weighted by Gasteiger charge is -2.18. The van der Waals surface area contributed by atoms with E-state index in [-0.39, 0.29) is 12.5 Å². The van der Waals surface area contributed by atoms with Crippen molar-refractivity contribution in [2.45, 2.75) is 6.92 Å². The molecule has 0 aliphatic carbocycles. The van der Waals surface area contributed by atoms with E-state index in [0.717, 1.165) is 22.7 Å². The molecule has 2 aromatic carbocycles. The van der Waals surface area contributed by atoms with Gasteiger partial charge in [-0.1, -0.05) is 18.2 Å². The van der Waals surface area contributed by atoms with Gasteiger partial charge in [0.15, 0.2) is 6.61 Å². The van der Waals surface area contributed by atoms with Gasteiger partial charge in [-0.3, -0.25) is 4.79 Å². The third-order valence-corrected chi connectivity index (χ3v) is 5.45. The Morgan fingerprint density at radius 1 is 1.13 bits per heavy atom. The Balaban J connectivity index is 1.62. The molecule has 0 fully saturated rings. The third kappa shape index (κ3) is 4.06. The largest absolute Gasteiger partial charge is 0.482 e. The molecule has 8 heteroatoms. The number of thiazole rings is 1. The van der Waals surface area contributed by atoms with E-state index in [0.29, 0.717) is 22.0 Å². The highest BCUT2D eigenvalue weighted by atomic mass is 32.1. The van der Waals surface area contributed by atoms with Crippen LogP contribution in [0.5, 0.6) is 5.75 Å². The number of hydrogen-bond donors (Lipinski definition) is 1. The first kappa shape index (κ1) is 19.1. The number of benzene rings is 2. The summed E-state index contributed by atoms with van der Waals surface area (Å²) in [6.45, 7) is 1.91. The Kier molecular flexibility index (Phi) is 4.97. The van der Waals surface area contributed by atoms with Crippen molar-refractivity contribution in [3.8, 4) is 17.0 Å². The molecule has 0 saturated carbocycles. The number of carbonyl (C=O) groups is 1. The minimum atomic E-state index is -0.172. The molecule has 1 N–H and O–H groups in total. The van der Waals surface area contributed by atoms with Gasteiger partial charge in [-0.2, -0.15) is 5.10 Å². The molecular weight excluding hydrogens is 412 g/mol. The van der Waals surface area contributed by atoms with Crippen LogP contribution in [0.2, 0.25) is 0 Å². The van der Waals surface area contributed by atoms with Crippen LogP contribution in [0.4, 0.5) is 11.4 Å². The van der Waals surface area contributed by atoms with Gasteiger partial charge in [-0.25, -0.2) is 9.67 Å². The molecule has 0 unspecified atom stereocenters. The molecule has 4 aromatic rings. The fraction of sp³-hybridized carbons (Fsp3) is 0.0870. The SMILES string of the molecule is Cc1ccc(C=Nn2c(-c3ccc4c(c3)NC(=O)CO4)csc2=Nc2ccccc2)o1. The summed E-state index contributed by atoms with van der Waals surface area (Å²) >= 11 is 1.48. The van der Waals surface area contributed by atoms with Crippen LogP contribution in [0, 0.1) is 6.92 Å². The first-order valence-electron chi connectivity index (χ1n) is 9.64. The normalized spacial score (nSPS) is 13.8. The molecule has 7 nitrogen and oxygen atoms in total. The molecular formula is C23H18N4O3S. The summed E-state index contributed by atoms with van der Waals surface area (Å²) in [6.07, 6.45) is 1.66. The van der Waals surface area contributed by atoms with Crippen molar-refractivity contribution in [1.29, 1.82) is 0 Å². The van der Waals surface area contributed by atoms with Crippen molar-refractivity contribution in [3.63, 3.8) is 0 Å². The second-order valence-corrected chi connectivity index (χ2v) is 7.74. The van der Waals surface area contributed by atoms with E-state index in [9.17, 15) is 4.79 Å². The quantitative estimate of drug-likeness (QED) is 0.482. The highest BCUT2D eigenvalue weighted by Gasteiger charge is 2.18. The number of carbonyl (C=O) groups excluding carboxylic acids is 1. The van der Waals surface area contributed by atoms with Crippen molar-refractivity contribution < 1.29 is 13.9 Å². The lowest BCUT2D eigenvalue weighted by molar-refractivity contribution is -0.118. The Labute approximate surface area is 182 Å². The number of rotatable bonds is 4. The molecule has 2 aromatic heterocycles. The van der Waals surface area contributed by atoms with Crippen LogP contribution < -0.4 is 14.9 Å². The van der Waals surface area contributed by atoms with Crippen LogP contribution in [0.1, 0.15) is 11.5 Å². The second-order valence-electron chi connectivity index (χ2n) is 6.90. The Morgan fingerprint density at radius 3 is 2.81 bits per heavy atom. The van der Waals surface area contributed by atoms with Crippen molar-refractivity contribution in [3.05, 3.63) is 82.4 Å². The van der Waals surface area contributed by atoms with E-state index in [4.69, 9.17) is 14.1 Å². The molecule has 1 aliphatic heterocycles. The van der Waals surface area contributed by atoms with Crippen LogP contribution in [0.3, 0.4) is 0 Å². The molecule has 3 heterocycles. The van der Waals surface area contributed by atoms with E-state index in [1.165, 1.54) is 11.3 Å². The summed E-state index contributed by atoms with van der Waals surface area (Å²) in [6, 6.07) is 19.1. The zero-order chi connectivity index (χ0) is 21.2. The summed E-state index contributed by atoms with van der Waals surface area (Å²) in [4.78, 5) is 17.2. The monoisotopic (exact) mass is 430 g/mol. The highest BCUT2D eigenvalue weighted by molar-refractivity contribution is 7.07. The summed E-state index contributed by atoms with van der Waals surface area (Å²) in [5.74, 6) is 1.94. The number of nitrogens with one attached hydrogen (secondary N) is 1. The number of anilines is 1. The molecule has 0 saturated heterocycles. The number of hydrogen-bond acceptors (Lipinski definition) is 6. The minimum Gasteiger partial charge on any atom is -0.482 e. The smallest absolute Gasteiger partial charge is 0.262 e. The topological polar surface area (TPSA) is 81.1 Å². The van der Waals surface area contributed by atoms with Crippen molar-refractivity contribution in [2.75, 3.05) is 11.9 Å². The Hall–Kier alpha value is -3.91. The number of aryl methyl sites for hydroxylation is 1. The van der Waals surface area contributed by atoms with Gasteiger partial charge in [0.2, 0.25) is 4.80 Å². The molecule has 0 radical (unpaired) electrons. The fourth-order valence-electron chi connectivity index (χ4n) is 3.18. The zero-order valence-electron chi connectivity index (χ0n) is 16.6. The lowest BCUT2D eigenvalue weighted by atomic mass is 10.1. The first-order valence-corrected chi connectivity index (χ1v) is 10.5. The average molecular weight is 430 g/mol. The number of furan rings is 1. The average Bonchev–Trinajstić information content (AvgIpc) is 3.38. The fourth-order valence-corrected chi connectivity index (χ4v) is 4.04. The number of ether oxygens (including phenoxy) is 1. The molecule has 0 bridgehead atoms. The summed E-state index contributed by atoms with van der Waals surface area (Å²) in [7, 11) is 0.